The van der Waals surface area contributed by atoms with Crippen LogP contribution in [0.2, 0.25) is 0 Å². The molecule has 0 aliphatic heterocycles. The van der Waals surface area contributed by atoms with E-state index in [-0.39, 0.29) is 19.0 Å². The number of esters is 1. The zero-order valence-electron chi connectivity index (χ0n) is 20.2. The number of carbonyl (C=O) groups excluding carboxylic acids is 2. The van der Waals surface area contributed by atoms with Crippen LogP contribution >= 0.6 is 0 Å². The highest BCUT2D eigenvalue weighted by Crippen LogP contribution is 2.18. The quantitative estimate of drug-likeness (QED) is 0.249. The molecule has 8 nitrogen and oxygen atoms in total. The van der Waals surface area contributed by atoms with Crippen molar-refractivity contribution in [1.29, 1.82) is 0 Å². The lowest BCUT2D eigenvalue weighted by atomic mass is 10.1. The average molecular weight is 493 g/mol. The smallest absolute Gasteiger partial charge is 0.338 e. The van der Waals surface area contributed by atoms with Gasteiger partial charge in [-0.1, -0.05) is 12.1 Å². The molecule has 0 spiro atoms. The van der Waals surface area contributed by atoms with E-state index in [1.54, 1.807) is 64.1 Å². The summed E-state index contributed by atoms with van der Waals surface area (Å²) in [5.41, 5.74) is 0.822. The summed E-state index contributed by atoms with van der Waals surface area (Å²) >= 11 is 0. The lowest BCUT2D eigenvalue weighted by Gasteiger charge is -2.19. The van der Waals surface area contributed by atoms with Crippen molar-refractivity contribution >= 4 is 21.9 Å². The fourth-order valence-electron chi connectivity index (χ4n) is 2.79. The molecule has 0 aliphatic rings. The van der Waals surface area contributed by atoms with E-state index in [2.05, 4.69) is 0 Å². The van der Waals surface area contributed by atoms with Crippen LogP contribution < -0.4 is 9.47 Å². The minimum absolute atomic E-state index is 0.131. The van der Waals surface area contributed by atoms with Crippen LogP contribution in [0.4, 0.5) is 0 Å². The van der Waals surface area contributed by atoms with E-state index >= 15 is 0 Å². The van der Waals surface area contributed by atoms with Gasteiger partial charge in [-0.25, -0.2) is 4.79 Å². The Kier molecular flexibility index (Phi) is 9.64. The summed E-state index contributed by atoms with van der Waals surface area (Å²) < 4.78 is 43.2. The molecule has 0 saturated heterocycles. The Hall–Kier alpha value is -2.91. The van der Waals surface area contributed by atoms with Gasteiger partial charge in [-0.05, 0) is 82.5 Å². The van der Waals surface area contributed by atoms with Gasteiger partial charge in [0.2, 0.25) is 5.78 Å². The third kappa shape index (κ3) is 10.4. The van der Waals surface area contributed by atoms with Gasteiger partial charge in [-0.3, -0.25) is 8.98 Å². The van der Waals surface area contributed by atoms with Gasteiger partial charge in [0.15, 0.2) is 12.7 Å². The Morgan fingerprint density at radius 1 is 0.941 bits per heavy atom. The molecule has 0 fully saturated rings. The van der Waals surface area contributed by atoms with Gasteiger partial charge in [0.05, 0.1) is 18.4 Å². The molecule has 0 saturated carbocycles. The molecule has 1 unspecified atom stereocenters. The van der Waals surface area contributed by atoms with Crippen LogP contribution in [0.3, 0.4) is 0 Å². The first kappa shape index (κ1) is 27.3. The van der Waals surface area contributed by atoms with Crippen LogP contribution in [0.15, 0.2) is 48.5 Å². The largest absolute Gasteiger partial charge is 0.486 e. The molecule has 34 heavy (non-hydrogen) atoms. The zero-order chi connectivity index (χ0) is 25.4. The van der Waals surface area contributed by atoms with Crippen LogP contribution in [-0.2, 0) is 30.3 Å². The highest BCUT2D eigenvalue weighted by Gasteiger charge is 2.18. The van der Waals surface area contributed by atoms with E-state index in [1.807, 2.05) is 12.1 Å². The molecular weight excluding hydrogens is 460 g/mol. The fourth-order valence-corrected chi connectivity index (χ4v) is 3.21. The molecule has 0 N–H and O–H groups in total. The van der Waals surface area contributed by atoms with Gasteiger partial charge in [0.25, 0.3) is 10.1 Å². The first-order valence-corrected chi connectivity index (χ1v) is 12.7. The topological polar surface area (TPSA) is 105 Å². The molecule has 2 rings (SSSR count). The normalized spacial score (nSPS) is 12.6. The van der Waals surface area contributed by atoms with Crippen molar-refractivity contribution in [2.75, 3.05) is 19.5 Å². The van der Waals surface area contributed by atoms with Crippen molar-refractivity contribution in [1.82, 2.24) is 0 Å². The second-order valence-electron chi connectivity index (χ2n) is 8.81. The monoisotopic (exact) mass is 492 g/mol. The second-order valence-corrected chi connectivity index (χ2v) is 10.5. The van der Waals surface area contributed by atoms with Crippen LogP contribution in [0.1, 0.15) is 50.0 Å². The predicted octanol–water partition coefficient (Wildman–Crippen LogP) is 3.97. The van der Waals surface area contributed by atoms with Gasteiger partial charge >= 0.3 is 5.97 Å². The summed E-state index contributed by atoms with van der Waals surface area (Å²) in [6.45, 7) is 6.99. The molecule has 0 aliphatic carbocycles. The van der Waals surface area contributed by atoms with Crippen LogP contribution in [0.25, 0.3) is 0 Å². The first-order chi connectivity index (χ1) is 15.8. The minimum Gasteiger partial charge on any atom is -0.486 e. The molecule has 0 radical (unpaired) electrons. The van der Waals surface area contributed by atoms with E-state index < -0.39 is 27.8 Å². The van der Waals surface area contributed by atoms with E-state index in [0.29, 0.717) is 29.9 Å². The summed E-state index contributed by atoms with van der Waals surface area (Å²) in [5, 5.41) is 0. The predicted molar refractivity (Wildman–Crippen MR) is 128 cm³/mol. The number of rotatable bonds is 12. The second kappa shape index (κ2) is 12.0. The Morgan fingerprint density at radius 2 is 1.53 bits per heavy atom. The van der Waals surface area contributed by atoms with Crippen LogP contribution in [-0.4, -0.2) is 51.3 Å². The Bertz CT molecular complexity index is 1050. The molecule has 0 bridgehead atoms. The SMILES string of the molecule is CC(Oc1ccc(CCCOS(C)(=O)=O)cc1)C(=O)COc1ccc(C(=O)OC(C)(C)C)cc1. The maximum atomic E-state index is 12.4. The van der Waals surface area contributed by atoms with Crippen molar-refractivity contribution in [2.24, 2.45) is 0 Å². The summed E-state index contributed by atoms with van der Waals surface area (Å²) in [7, 11) is -3.42. The third-order valence-corrected chi connectivity index (χ3v) is 5.06. The number of aryl methyl sites for hydroxylation is 1. The average Bonchev–Trinajstić information content (AvgIpc) is 2.74. The molecule has 0 heterocycles. The number of benzene rings is 2. The lowest BCUT2D eigenvalue weighted by molar-refractivity contribution is -0.127. The van der Waals surface area contributed by atoms with Crippen molar-refractivity contribution < 1.29 is 36.4 Å². The zero-order valence-corrected chi connectivity index (χ0v) is 21.0. The maximum absolute atomic E-state index is 12.4. The Morgan fingerprint density at radius 3 is 2.09 bits per heavy atom. The Balaban J connectivity index is 1.78. The molecule has 0 amide bonds. The number of ketones is 1. The summed E-state index contributed by atoms with van der Waals surface area (Å²) in [6, 6.07) is 13.6. The van der Waals surface area contributed by atoms with Crippen molar-refractivity contribution in [3.8, 4) is 11.5 Å². The van der Waals surface area contributed by atoms with Gasteiger partial charge in [-0.2, -0.15) is 8.42 Å². The number of ether oxygens (including phenoxy) is 3. The van der Waals surface area contributed by atoms with Crippen molar-refractivity contribution in [3.05, 3.63) is 59.7 Å². The molecule has 1 atom stereocenters. The number of Topliss-reactive ketones (excluding diaryl/α,β-unsaturated/α-hetero) is 1. The van der Waals surface area contributed by atoms with Crippen molar-refractivity contribution in [2.45, 2.75) is 52.2 Å². The first-order valence-electron chi connectivity index (χ1n) is 10.9. The van der Waals surface area contributed by atoms with Gasteiger partial charge in [0.1, 0.15) is 17.1 Å². The van der Waals surface area contributed by atoms with Crippen molar-refractivity contribution in [3.63, 3.8) is 0 Å². The van der Waals surface area contributed by atoms with Gasteiger partial charge < -0.3 is 14.2 Å². The highest BCUT2D eigenvalue weighted by molar-refractivity contribution is 7.85. The van der Waals surface area contributed by atoms with Crippen LogP contribution in [0.5, 0.6) is 11.5 Å². The van der Waals surface area contributed by atoms with E-state index in [0.717, 1.165) is 11.8 Å². The Labute approximate surface area is 201 Å². The molecule has 9 heteroatoms. The summed E-state index contributed by atoms with van der Waals surface area (Å²) in [6.07, 6.45) is 1.54. The van der Waals surface area contributed by atoms with E-state index in [4.69, 9.17) is 18.4 Å². The highest BCUT2D eigenvalue weighted by atomic mass is 32.2. The minimum atomic E-state index is -3.42. The molecule has 0 aromatic heterocycles. The van der Waals surface area contributed by atoms with Crippen LogP contribution in [0, 0.1) is 0 Å². The molecule has 2 aromatic rings. The van der Waals surface area contributed by atoms with E-state index in [9.17, 15) is 18.0 Å². The van der Waals surface area contributed by atoms with E-state index in [1.165, 1.54) is 0 Å². The summed E-state index contributed by atoms with van der Waals surface area (Å²) in [5.74, 6) is 0.333. The number of hydrogen-bond acceptors (Lipinski definition) is 8. The number of hydrogen-bond donors (Lipinski definition) is 0. The molecular formula is C25H32O8S. The molecule has 2 aromatic carbocycles. The van der Waals surface area contributed by atoms with Gasteiger partial charge in [0, 0.05) is 0 Å². The third-order valence-electron chi connectivity index (χ3n) is 4.47. The lowest BCUT2D eigenvalue weighted by Crippen LogP contribution is -2.28. The number of carbonyl (C=O) groups is 2. The summed E-state index contributed by atoms with van der Waals surface area (Å²) in [4.78, 5) is 24.4. The van der Waals surface area contributed by atoms with Gasteiger partial charge in [-0.15, -0.1) is 0 Å². The maximum Gasteiger partial charge on any atom is 0.338 e. The molecule has 186 valence electrons. The standard InChI is InChI=1S/C25H32O8S/c1-18(32-22-12-8-19(9-13-22)7-6-16-31-34(5,28)29)23(26)17-30-21-14-10-20(11-15-21)24(27)33-25(2,3)4/h8-15,18H,6-7,16-17H2,1-5H3. The fraction of sp³-hybridized carbons (Fsp3) is 0.440.